The molecule has 4 aromatic rings. The van der Waals surface area contributed by atoms with Gasteiger partial charge in [-0.2, -0.15) is 0 Å². The van der Waals surface area contributed by atoms with E-state index in [1.165, 1.54) is 0 Å². The van der Waals surface area contributed by atoms with Crippen molar-refractivity contribution in [1.29, 1.82) is 0 Å². The molecule has 1 N–H and O–H groups in total. The summed E-state index contributed by atoms with van der Waals surface area (Å²) in [5, 5.41) is 2.95. The Morgan fingerprint density at radius 3 is 2.47 bits per heavy atom. The van der Waals surface area contributed by atoms with E-state index in [-0.39, 0.29) is 5.91 Å². The molecule has 7 heteroatoms. The first-order valence-electron chi connectivity index (χ1n) is 10.4. The van der Waals surface area contributed by atoms with Gasteiger partial charge in [0.15, 0.2) is 11.5 Å². The van der Waals surface area contributed by atoms with Crippen molar-refractivity contribution in [1.82, 2.24) is 14.9 Å². The molecular formula is C25H23N3O4. The van der Waals surface area contributed by atoms with Crippen molar-refractivity contribution in [2.24, 2.45) is 0 Å². The number of benzene rings is 3. The van der Waals surface area contributed by atoms with Crippen molar-refractivity contribution in [2.45, 2.75) is 13.2 Å². The molecule has 0 fully saturated rings. The van der Waals surface area contributed by atoms with Crippen LogP contribution in [-0.2, 0) is 13.2 Å². The summed E-state index contributed by atoms with van der Waals surface area (Å²) in [4.78, 5) is 17.3. The van der Waals surface area contributed by atoms with E-state index in [0.717, 1.165) is 28.0 Å². The molecule has 0 saturated carbocycles. The van der Waals surface area contributed by atoms with Gasteiger partial charge in [0, 0.05) is 18.7 Å². The lowest BCUT2D eigenvalue weighted by molar-refractivity contribution is 0.0956. The molecule has 1 aliphatic rings. The van der Waals surface area contributed by atoms with E-state index < -0.39 is 0 Å². The fourth-order valence-corrected chi connectivity index (χ4v) is 4.06. The number of nitrogens with zero attached hydrogens (tertiary/aromatic N) is 2. The van der Waals surface area contributed by atoms with E-state index in [2.05, 4.69) is 9.88 Å². The third-order valence-corrected chi connectivity index (χ3v) is 5.58. The van der Waals surface area contributed by atoms with Crippen LogP contribution in [0.2, 0.25) is 0 Å². The van der Waals surface area contributed by atoms with Crippen LogP contribution in [0.3, 0.4) is 0 Å². The predicted octanol–water partition coefficient (Wildman–Crippen LogP) is 4.04. The van der Waals surface area contributed by atoms with Gasteiger partial charge in [0.2, 0.25) is 5.75 Å². The number of ether oxygens (including phenoxy) is 3. The van der Waals surface area contributed by atoms with Crippen LogP contribution in [0.15, 0.2) is 60.7 Å². The molecule has 1 amide bonds. The molecule has 0 unspecified atom stereocenters. The standard InChI is InChI=1S/C25H23N3O4/c1-30-20-13-17(14-21(31-2)23(20)32-15-16-7-4-3-5-8-16)24-27-19-10-6-9-18-22(19)28(24)12-11-26-25(18)29/h3-10,13-14H,11-12,15H2,1-2H3,(H,26,29). The van der Waals surface area contributed by atoms with Crippen LogP contribution in [0.5, 0.6) is 17.2 Å². The highest BCUT2D eigenvalue weighted by Crippen LogP contribution is 2.42. The van der Waals surface area contributed by atoms with Gasteiger partial charge in [-0.05, 0) is 29.8 Å². The second-order valence-corrected chi connectivity index (χ2v) is 7.50. The summed E-state index contributed by atoms with van der Waals surface area (Å²) >= 11 is 0. The Morgan fingerprint density at radius 1 is 1.00 bits per heavy atom. The molecule has 0 radical (unpaired) electrons. The van der Waals surface area contributed by atoms with Gasteiger partial charge in [-0.15, -0.1) is 0 Å². The maximum atomic E-state index is 12.5. The Morgan fingerprint density at radius 2 is 1.75 bits per heavy atom. The number of aromatic nitrogens is 2. The molecule has 2 heterocycles. The summed E-state index contributed by atoms with van der Waals surface area (Å²) < 4.78 is 19.5. The van der Waals surface area contributed by atoms with Crippen LogP contribution in [0, 0.1) is 0 Å². The predicted molar refractivity (Wildman–Crippen MR) is 121 cm³/mol. The van der Waals surface area contributed by atoms with Gasteiger partial charge in [0.05, 0.1) is 30.8 Å². The van der Waals surface area contributed by atoms with Crippen molar-refractivity contribution in [3.63, 3.8) is 0 Å². The summed E-state index contributed by atoms with van der Waals surface area (Å²) in [7, 11) is 3.21. The maximum absolute atomic E-state index is 12.5. The van der Waals surface area contributed by atoms with Gasteiger partial charge < -0.3 is 24.1 Å². The fraction of sp³-hybridized carbons (Fsp3) is 0.200. The van der Waals surface area contributed by atoms with Crippen LogP contribution in [-0.4, -0.2) is 36.2 Å². The van der Waals surface area contributed by atoms with Crippen LogP contribution in [0.25, 0.3) is 22.4 Å². The largest absolute Gasteiger partial charge is 0.493 e. The van der Waals surface area contributed by atoms with E-state index in [1.807, 2.05) is 60.7 Å². The lowest BCUT2D eigenvalue weighted by Gasteiger charge is -2.16. The minimum Gasteiger partial charge on any atom is -0.493 e. The molecule has 0 spiro atoms. The highest BCUT2D eigenvalue weighted by molar-refractivity contribution is 6.06. The number of para-hydroxylation sites is 1. The summed E-state index contributed by atoms with van der Waals surface area (Å²) in [5.74, 6) is 2.30. The zero-order chi connectivity index (χ0) is 22.1. The van der Waals surface area contributed by atoms with Gasteiger partial charge in [-0.25, -0.2) is 4.98 Å². The number of nitrogens with one attached hydrogen (secondary N) is 1. The van der Waals surface area contributed by atoms with Crippen molar-refractivity contribution in [2.75, 3.05) is 20.8 Å². The zero-order valence-corrected chi connectivity index (χ0v) is 17.9. The van der Waals surface area contributed by atoms with Gasteiger partial charge in [0.1, 0.15) is 12.4 Å². The zero-order valence-electron chi connectivity index (χ0n) is 17.9. The molecule has 0 saturated heterocycles. The number of amides is 1. The van der Waals surface area contributed by atoms with Crippen molar-refractivity contribution in [3.8, 4) is 28.6 Å². The number of imidazole rings is 1. The molecule has 3 aromatic carbocycles. The number of rotatable bonds is 6. The van der Waals surface area contributed by atoms with Gasteiger partial charge >= 0.3 is 0 Å². The molecule has 0 atom stereocenters. The Balaban J connectivity index is 1.60. The molecular weight excluding hydrogens is 406 g/mol. The quantitative estimate of drug-likeness (QED) is 0.501. The van der Waals surface area contributed by atoms with Crippen molar-refractivity contribution >= 4 is 16.9 Å². The third-order valence-electron chi connectivity index (χ3n) is 5.58. The van der Waals surface area contributed by atoms with Gasteiger partial charge in [-0.1, -0.05) is 36.4 Å². The summed E-state index contributed by atoms with van der Waals surface area (Å²) in [6.07, 6.45) is 0. The highest BCUT2D eigenvalue weighted by Gasteiger charge is 2.24. The average molecular weight is 429 g/mol. The number of carbonyl (C=O) groups excluding carboxylic acids is 1. The van der Waals surface area contributed by atoms with Crippen LogP contribution >= 0.6 is 0 Å². The third kappa shape index (κ3) is 3.41. The van der Waals surface area contributed by atoms with Crippen LogP contribution in [0.4, 0.5) is 0 Å². The normalized spacial score (nSPS) is 12.9. The Hall–Kier alpha value is -4.00. The first-order chi connectivity index (χ1) is 15.7. The lowest BCUT2D eigenvalue weighted by Crippen LogP contribution is -2.24. The molecule has 5 rings (SSSR count). The molecule has 162 valence electrons. The molecule has 1 aromatic heterocycles. The smallest absolute Gasteiger partial charge is 0.253 e. The first-order valence-corrected chi connectivity index (χ1v) is 10.4. The molecule has 7 nitrogen and oxygen atoms in total. The summed E-state index contributed by atoms with van der Waals surface area (Å²) in [6, 6.07) is 19.3. The monoisotopic (exact) mass is 429 g/mol. The lowest BCUT2D eigenvalue weighted by atomic mass is 10.1. The number of methoxy groups -OCH3 is 2. The van der Waals surface area contributed by atoms with Gasteiger partial charge in [0.25, 0.3) is 5.91 Å². The van der Waals surface area contributed by atoms with Crippen LogP contribution < -0.4 is 19.5 Å². The van der Waals surface area contributed by atoms with Crippen molar-refractivity contribution < 1.29 is 19.0 Å². The van der Waals surface area contributed by atoms with E-state index >= 15 is 0 Å². The molecule has 32 heavy (non-hydrogen) atoms. The molecule has 1 aliphatic heterocycles. The minimum absolute atomic E-state index is 0.0828. The summed E-state index contributed by atoms with van der Waals surface area (Å²) in [6.45, 7) is 1.53. The second kappa shape index (κ2) is 8.26. The van der Waals surface area contributed by atoms with Gasteiger partial charge in [-0.3, -0.25) is 4.79 Å². The maximum Gasteiger partial charge on any atom is 0.253 e. The number of hydrogen-bond donors (Lipinski definition) is 1. The van der Waals surface area contributed by atoms with Crippen molar-refractivity contribution in [3.05, 3.63) is 71.8 Å². The molecule has 0 bridgehead atoms. The first kappa shape index (κ1) is 19.9. The number of carbonyl (C=O) groups is 1. The summed E-state index contributed by atoms with van der Waals surface area (Å²) in [5.41, 5.74) is 4.10. The topological polar surface area (TPSA) is 74.6 Å². The van der Waals surface area contributed by atoms with E-state index in [4.69, 9.17) is 19.2 Å². The average Bonchev–Trinajstić information content (AvgIpc) is 3.12. The SMILES string of the molecule is COc1cc(-c2nc3cccc4c3n2CCNC4=O)cc(OC)c1OCc1ccccc1. The Bertz CT molecular complexity index is 1270. The fourth-order valence-electron chi connectivity index (χ4n) is 4.06. The highest BCUT2D eigenvalue weighted by atomic mass is 16.5. The Labute approximate surface area is 185 Å². The van der Waals surface area contributed by atoms with E-state index in [9.17, 15) is 4.79 Å². The Kier molecular flexibility index (Phi) is 5.15. The number of hydrogen-bond acceptors (Lipinski definition) is 5. The minimum atomic E-state index is -0.0828. The molecule has 0 aliphatic carbocycles. The van der Waals surface area contributed by atoms with E-state index in [0.29, 0.717) is 42.5 Å². The van der Waals surface area contributed by atoms with E-state index in [1.54, 1.807) is 14.2 Å². The second-order valence-electron chi connectivity index (χ2n) is 7.50. The van der Waals surface area contributed by atoms with Crippen LogP contribution in [0.1, 0.15) is 15.9 Å².